The van der Waals surface area contributed by atoms with Crippen LogP contribution >= 0.6 is 22.7 Å². The SMILES string of the molecule is CC(=O)Nc1nc(CN2CCC(NC(=O)c3ccsc3)CC2)cs1. The van der Waals surface area contributed by atoms with Gasteiger partial charge in [-0.1, -0.05) is 0 Å². The molecule has 2 N–H and O–H groups in total. The van der Waals surface area contributed by atoms with Gasteiger partial charge in [-0.2, -0.15) is 11.3 Å². The van der Waals surface area contributed by atoms with Crippen molar-refractivity contribution in [1.82, 2.24) is 15.2 Å². The topological polar surface area (TPSA) is 74.3 Å². The third kappa shape index (κ3) is 4.62. The van der Waals surface area contributed by atoms with Crippen LogP contribution in [0.5, 0.6) is 0 Å². The first kappa shape index (κ1) is 17.1. The van der Waals surface area contributed by atoms with E-state index in [9.17, 15) is 9.59 Å². The quantitative estimate of drug-likeness (QED) is 0.855. The molecule has 0 aliphatic carbocycles. The van der Waals surface area contributed by atoms with Crippen LogP contribution in [-0.4, -0.2) is 40.8 Å². The smallest absolute Gasteiger partial charge is 0.252 e. The number of hydrogen-bond acceptors (Lipinski definition) is 6. The van der Waals surface area contributed by atoms with Crippen LogP contribution in [0.4, 0.5) is 5.13 Å². The van der Waals surface area contributed by atoms with Crippen molar-refractivity contribution in [2.45, 2.75) is 32.4 Å². The molecule has 3 rings (SSSR count). The van der Waals surface area contributed by atoms with Gasteiger partial charge in [0, 0.05) is 48.9 Å². The van der Waals surface area contributed by atoms with Gasteiger partial charge in [-0.05, 0) is 24.3 Å². The number of nitrogens with one attached hydrogen (secondary N) is 2. The lowest BCUT2D eigenvalue weighted by atomic mass is 10.0. The zero-order valence-corrected chi connectivity index (χ0v) is 15.1. The Morgan fingerprint density at radius 1 is 1.33 bits per heavy atom. The van der Waals surface area contributed by atoms with E-state index in [1.165, 1.54) is 29.6 Å². The number of hydrogen-bond donors (Lipinski definition) is 2. The van der Waals surface area contributed by atoms with Gasteiger partial charge in [0.1, 0.15) is 0 Å². The first-order valence-electron chi connectivity index (χ1n) is 7.87. The molecule has 6 nitrogen and oxygen atoms in total. The van der Waals surface area contributed by atoms with Crippen molar-refractivity contribution in [1.29, 1.82) is 0 Å². The normalized spacial score (nSPS) is 16.0. The molecule has 1 saturated heterocycles. The van der Waals surface area contributed by atoms with E-state index in [1.807, 2.05) is 22.2 Å². The Morgan fingerprint density at radius 3 is 2.79 bits per heavy atom. The summed E-state index contributed by atoms with van der Waals surface area (Å²) in [5.41, 5.74) is 1.72. The Kier molecular flexibility index (Phi) is 5.60. The van der Waals surface area contributed by atoms with Gasteiger partial charge in [-0.25, -0.2) is 4.98 Å². The molecule has 0 saturated carbocycles. The molecule has 2 amide bonds. The summed E-state index contributed by atoms with van der Waals surface area (Å²) in [5.74, 6) is -0.0766. The van der Waals surface area contributed by atoms with Crippen molar-refractivity contribution in [2.75, 3.05) is 18.4 Å². The molecule has 128 valence electrons. The van der Waals surface area contributed by atoms with Gasteiger partial charge >= 0.3 is 0 Å². The van der Waals surface area contributed by atoms with Gasteiger partial charge < -0.3 is 10.6 Å². The molecule has 2 aromatic rings. The van der Waals surface area contributed by atoms with Gasteiger partial charge in [-0.3, -0.25) is 14.5 Å². The zero-order valence-electron chi connectivity index (χ0n) is 13.4. The van der Waals surface area contributed by atoms with Gasteiger partial charge in [0.15, 0.2) is 5.13 Å². The van der Waals surface area contributed by atoms with Gasteiger partial charge in [0.05, 0.1) is 5.69 Å². The van der Waals surface area contributed by atoms with E-state index >= 15 is 0 Å². The minimum atomic E-state index is -0.0990. The number of nitrogens with zero attached hydrogens (tertiary/aromatic N) is 2. The van der Waals surface area contributed by atoms with Crippen LogP contribution < -0.4 is 10.6 Å². The molecule has 0 atom stereocenters. The molecular weight excluding hydrogens is 344 g/mol. The molecule has 1 aliphatic heterocycles. The summed E-state index contributed by atoms with van der Waals surface area (Å²) in [7, 11) is 0. The fraction of sp³-hybridized carbons (Fsp3) is 0.438. The Morgan fingerprint density at radius 2 is 2.12 bits per heavy atom. The van der Waals surface area contributed by atoms with Gasteiger partial charge in [-0.15, -0.1) is 11.3 Å². The fourth-order valence-electron chi connectivity index (χ4n) is 2.71. The largest absolute Gasteiger partial charge is 0.349 e. The highest BCUT2D eigenvalue weighted by atomic mass is 32.1. The van der Waals surface area contributed by atoms with E-state index in [-0.39, 0.29) is 17.9 Å². The third-order valence-electron chi connectivity index (χ3n) is 3.93. The second-order valence-corrected chi connectivity index (χ2v) is 7.50. The van der Waals surface area contributed by atoms with E-state index in [2.05, 4.69) is 20.5 Å². The number of amides is 2. The summed E-state index contributed by atoms with van der Waals surface area (Å²) in [6.07, 6.45) is 1.89. The van der Waals surface area contributed by atoms with Crippen molar-refractivity contribution in [3.63, 3.8) is 0 Å². The molecule has 0 bridgehead atoms. The van der Waals surface area contributed by atoms with Crippen LogP contribution in [0.25, 0.3) is 0 Å². The Balaban J connectivity index is 1.44. The number of thiazole rings is 1. The molecule has 24 heavy (non-hydrogen) atoms. The van der Waals surface area contributed by atoms with Crippen molar-refractivity contribution in [2.24, 2.45) is 0 Å². The molecule has 8 heteroatoms. The first-order valence-corrected chi connectivity index (χ1v) is 9.70. The van der Waals surface area contributed by atoms with E-state index in [1.54, 1.807) is 0 Å². The lowest BCUT2D eigenvalue weighted by molar-refractivity contribution is -0.114. The average Bonchev–Trinajstić information content (AvgIpc) is 3.21. The maximum absolute atomic E-state index is 12.1. The Hall–Kier alpha value is -1.77. The maximum atomic E-state index is 12.1. The highest BCUT2D eigenvalue weighted by Crippen LogP contribution is 2.19. The molecule has 0 aromatic carbocycles. The standard InChI is InChI=1S/C16H20N4O2S2/c1-11(21)17-16-19-14(10-24-16)8-20-5-2-13(3-6-20)18-15(22)12-4-7-23-9-12/h4,7,9-10,13H,2-3,5-6,8H2,1H3,(H,18,22)(H,17,19,21). The van der Waals surface area contributed by atoms with Crippen LogP contribution in [0.3, 0.4) is 0 Å². The summed E-state index contributed by atoms with van der Waals surface area (Å²) in [6, 6.07) is 2.09. The van der Waals surface area contributed by atoms with E-state index in [4.69, 9.17) is 0 Å². The van der Waals surface area contributed by atoms with Crippen LogP contribution in [0.2, 0.25) is 0 Å². The minimum absolute atomic E-state index is 0.0224. The molecule has 0 radical (unpaired) electrons. The maximum Gasteiger partial charge on any atom is 0.252 e. The summed E-state index contributed by atoms with van der Waals surface area (Å²) in [4.78, 5) is 29.9. The molecule has 2 aromatic heterocycles. The van der Waals surface area contributed by atoms with E-state index in [0.717, 1.165) is 43.7 Å². The van der Waals surface area contributed by atoms with Gasteiger partial charge in [0.25, 0.3) is 5.91 Å². The summed E-state index contributed by atoms with van der Waals surface area (Å²) >= 11 is 2.98. The predicted molar refractivity (Wildman–Crippen MR) is 96.5 cm³/mol. The van der Waals surface area contributed by atoms with Gasteiger partial charge in [0.2, 0.25) is 5.91 Å². The third-order valence-corrected chi connectivity index (χ3v) is 5.42. The number of carbonyl (C=O) groups is 2. The molecular formula is C16H20N4O2S2. The average molecular weight is 364 g/mol. The highest BCUT2D eigenvalue weighted by Gasteiger charge is 2.22. The zero-order chi connectivity index (χ0) is 16.9. The van der Waals surface area contributed by atoms with Crippen molar-refractivity contribution >= 4 is 39.6 Å². The van der Waals surface area contributed by atoms with Crippen LogP contribution in [0.1, 0.15) is 35.8 Å². The number of thiophene rings is 1. The number of piperidine rings is 1. The predicted octanol–water partition coefficient (Wildman–Crippen LogP) is 2.56. The van der Waals surface area contributed by atoms with Crippen LogP contribution in [0, 0.1) is 0 Å². The summed E-state index contributed by atoms with van der Waals surface area (Å²) in [6.45, 7) is 4.13. The summed E-state index contributed by atoms with van der Waals surface area (Å²) < 4.78 is 0. The number of anilines is 1. The number of rotatable bonds is 5. The number of aromatic nitrogens is 1. The van der Waals surface area contributed by atoms with Crippen molar-refractivity contribution in [3.8, 4) is 0 Å². The summed E-state index contributed by atoms with van der Waals surface area (Å²) in [5, 5.41) is 12.2. The van der Waals surface area contributed by atoms with E-state index < -0.39 is 0 Å². The number of likely N-dealkylation sites (tertiary alicyclic amines) is 1. The molecule has 0 spiro atoms. The second kappa shape index (κ2) is 7.87. The van der Waals surface area contributed by atoms with Crippen molar-refractivity contribution < 1.29 is 9.59 Å². The monoisotopic (exact) mass is 364 g/mol. The highest BCUT2D eigenvalue weighted by molar-refractivity contribution is 7.13. The second-order valence-electron chi connectivity index (χ2n) is 5.86. The number of carbonyl (C=O) groups excluding carboxylic acids is 2. The molecule has 0 unspecified atom stereocenters. The first-order chi connectivity index (χ1) is 11.6. The van der Waals surface area contributed by atoms with Crippen LogP contribution in [-0.2, 0) is 11.3 Å². The lowest BCUT2D eigenvalue weighted by Gasteiger charge is -2.31. The Labute approximate surface area is 148 Å². The lowest BCUT2D eigenvalue weighted by Crippen LogP contribution is -2.44. The molecule has 1 aliphatic rings. The Bertz CT molecular complexity index is 691. The molecule has 1 fully saturated rings. The van der Waals surface area contributed by atoms with Crippen molar-refractivity contribution in [3.05, 3.63) is 33.5 Å². The molecule has 3 heterocycles. The van der Waals surface area contributed by atoms with E-state index in [0.29, 0.717) is 5.13 Å². The minimum Gasteiger partial charge on any atom is -0.349 e. The van der Waals surface area contributed by atoms with Crippen LogP contribution in [0.15, 0.2) is 22.2 Å². The fourth-order valence-corrected chi connectivity index (χ4v) is 4.10.